The molecule has 0 spiro atoms. The van der Waals surface area contributed by atoms with E-state index in [1.807, 2.05) is 57.2 Å². The van der Waals surface area contributed by atoms with E-state index in [2.05, 4.69) is 15.3 Å². The molecule has 0 saturated heterocycles. The van der Waals surface area contributed by atoms with Gasteiger partial charge in [-0.15, -0.1) is 0 Å². The molecule has 4 heteroatoms. The molecule has 3 aromatic rings. The largest absolute Gasteiger partial charge is 0.324 e. The topological polar surface area (TPSA) is 57.8 Å². The van der Waals surface area contributed by atoms with E-state index in [0.29, 0.717) is 11.5 Å². The number of para-hydroxylation sites is 2. The van der Waals surface area contributed by atoms with Gasteiger partial charge in [-0.3, -0.25) is 10.1 Å². The van der Waals surface area contributed by atoms with Crippen LogP contribution >= 0.6 is 0 Å². The molecule has 4 nitrogen and oxygen atoms in total. The van der Waals surface area contributed by atoms with Gasteiger partial charge in [0.1, 0.15) is 0 Å². The normalized spacial score (nSPS) is 10.8. The van der Waals surface area contributed by atoms with E-state index in [0.717, 1.165) is 27.7 Å². The lowest BCUT2D eigenvalue weighted by molar-refractivity contribution is 0.102. The Morgan fingerprint density at radius 1 is 1.10 bits per heavy atom. The lowest BCUT2D eigenvalue weighted by atomic mass is 9.99. The SMILES string of the molecule is Cc1cc(C)c(C(=O)Nc2nc3ccccc3[nH]2)c(C)c1. The van der Waals surface area contributed by atoms with Crippen LogP contribution in [-0.2, 0) is 0 Å². The molecule has 0 unspecified atom stereocenters. The van der Waals surface area contributed by atoms with Gasteiger partial charge in [0, 0.05) is 5.56 Å². The molecule has 106 valence electrons. The van der Waals surface area contributed by atoms with E-state index in [-0.39, 0.29) is 5.91 Å². The summed E-state index contributed by atoms with van der Waals surface area (Å²) in [4.78, 5) is 19.9. The Bertz CT molecular complexity index is 777. The summed E-state index contributed by atoms with van der Waals surface area (Å²) in [6.45, 7) is 5.93. The molecule has 1 amide bonds. The lowest BCUT2D eigenvalue weighted by Gasteiger charge is -2.10. The van der Waals surface area contributed by atoms with Crippen molar-refractivity contribution >= 4 is 22.9 Å². The smallest absolute Gasteiger partial charge is 0.258 e. The van der Waals surface area contributed by atoms with Crippen LogP contribution in [0.5, 0.6) is 0 Å². The minimum absolute atomic E-state index is 0.135. The first kappa shape index (κ1) is 13.4. The Morgan fingerprint density at radius 2 is 1.76 bits per heavy atom. The van der Waals surface area contributed by atoms with Crippen molar-refractivity contribution in [3.8, 4) is 0 Å². The molecule has 0 radical (unpaired) electrons. The van der Waals surface area contributed by atoms with Gasteiger partial charge in [-0.1, -0.05) is 29.8 Å². The highest BCUT2D eigenvalue weighted by Gasteiger charge is 2.14. The van der Waals surface area contributed by atoms with Crippen LogP contribution in [0.25, 0.3) is 11.0 Å². The number of nitrogens with one attached hydrogen (secondary N) is 2. The van der Waals surface area contributed by atoms with Crippen LogP contribution in [0.1, 0.15) is 27.0 Å². The number of anilines is 1. The van der Waals surface area contributed by atoms with Crippen molar-refractivity contribution in [3.63, 3.8) is 0 Å². The van der Waals surface area contributed by atoms with Gasteiger partial charge in [0.05, 0.1) is 11.0 Å². The maximum absolute atomic E-state index is 12.5. The second kappa shape index (κ2) is 5.05. The van der Waals surface area contributed by atoms with Crippen molar-refractivity contribution in [1.29, 1.82) is 0 Å². The van der Waals surface area contributed by atoms with Crippen LogP contribution in [0.4, 0.5) is 5.95 Å². The van der Waals surface area contributed by atoms with Gasteiger partial charge in [-0.05, 0) is 44.0 Å². The van der Waals surface area contributed by atoms with Crippen molar-refractivity contribution in [1.82, 2.24) is 9.97 Å². The summed E-state index contributed by atoms with van der Waals surface area (Å²) in [5.74, 6) is 0.338. The molecule has 0 atom stereocenters. The second-order valence-electron chi connectivity index (χ2n) is 5.33. The summed E-state index contributed by atoms with van der Waals surface area (Å²) in [6, 6.07) is 11.7. The van der Waals surface area contributed by atoms with Gasteiger partial charge < -0.3 is 4.98 Å². The van der Waals surface area contributed by atoms with E-state index >= 15 is 0 Å². The molecule has 1 aromatic heterocycles. The van der Waals surface area contributed by atoms with E-state index < -0.39 is 0 Å². The number of aromatic amines is 1. The van der Waals surface area contributed by atoms with Crippen LogP contribution in [0.3, 0.4) is 0 Å². The molecular weight excluding hydrogens is 262 g/mol. The Hall–Kier alpha value is -2.62. The number of H-pyrrole nitrogens is 1. The fourth-order valence-electron chi connectivity index (χ4n) is 2.72. The molecular formula is C17H17N3O. The summed E-state index contributed by atoms with van der Waals surface area (Å²) < 4.78 is 0. The first-order valence-corrected chi connectivity index (χ1v) is 6.88. The van der Waals surface area contributed by atoms with E-state index in [1.54, 1.807) is 0 Å². The number of imidazole rings is 1. The summed E-state index contributed by atoms with van der Waals surface area (Å²) in [6.07, 6.45) is 0. The van der Waals surface area contributed by atoms with Crippen molar-refractivity contribution in [2.24, 2.45) is 0 Å². The Balaban J connectivity index is 1.93. The third-order valence-electron chi connectivity index (χ3n) is 3.53. The van der Waals surface area contributed by atoms with Gasteiger partial charge in [-0.2, -0.15) is 0 Å². The first-order valence-electron chi connectivity index (χ1n) is 6.88. The summed E-state index contributed by atoms with van der Waals surface area (Å²) >= 11 is 0. The standard InChI is InChI=1S/C17H17N3O/c1-10-8-11(2)15(12(3)9-10)16(21)20-17-18-13-6-4-5-7-14(13)19-17/h4-9H,1-3H3,(H2,18,19,20,21). The van der Waals surface area contributed by atoms with Gasteiger partial charge in [-0.25, -0.2) is 4.98 Å². The highest BCUT2D eigenvalue weighted by Crippen LogP contribution is 2.19. The molecule has 0 fully saturated rings. The zero-order chi connectivity index (χ0) is 15.0. The van der Waals surface area contributed by atoms with Crippen LogP contribution in [0, 0.1) is 20.8 Å². The van der Waals surface area contributed by atoms with Gasteiger partial charge in [0.15, 0.2) is 0 Å². The maximum Gasteiger partial charge on any atom is 0.258 e. The fourth-order valence-corrected chi connectivity index (χ4v) is 2.72. The maximum atomic E-state index is 12.5. The average molecular weight is 279 g/mol. The van der Waals surface area contributed by atoms with Crippen molar-refractivity contribution < 1.29 is 4.79 Å². The molecule has 3 rings (SSSR count). The average Bonchev–Trinajstić information content (AvgIpc) is 2.79. The number of fused-ring (bicyclic) bond motifs is 1. The number of hydrogen-bond donors (Lipinski definition) is 2. The van der Waals surface area contributed by atoms with Gasteiger partial charge >= 0.3 is 0 Å². The summed E-state index contributed by atoms with van der Waals surface area (Å²) in [7, 11) is 0. The number of nitrogens with zero attached hydrogens (tertiary/aromatic N) is 1. The molecule has 2 N–H and O–H groups in total. The Morgan fingerprint density at radius 3 is 2.43 bits per heavy atom. The quantitative estimate of drug-likeness (QED) is 0.750. The van der Waals surface area contributed by atoms with Gasteiger partial charge in [0.25, 0.3) is 5.91 Å². The monoisotopic (exact) mass is 279 g/mol. The number of aryl methyl sites for hydroxylation is 3. The first-order chi connectivity index (χ1) is 10.0. The lowest BCUT2D eigenvalue weighted by Crippen LogP contribution is -2.16. The zero-order valence-corrected chi connectivity index (χ0v) is 12.3. The van der Waals surface area contributed by atoms with Crippen molar-refractivity contribution in [3.05, 3.63) is 58.7 Å². The number of carbonyl (C=O) groups excluding carboxylic acids is 1. The second-order valence-corrected chi connectivity index (χ2v) is 5.33. The summed E-state index contributed by atoms with van der Waals surface area (Å²) in [5.41, 5.74) is 5.56. The minimum Gasteiger partial charge on any atom is -0.324 e. The van der Waals surface area contributed by atoms with E-state index in [1.165, 1.54) is 0 Å². The van der Waals surface area contributed by atoms with Crippen LogP contribution in [-0.4, -0.2) is 15.9 Å². The molecule has 0 aliphatic rings. The number of carbonyl (C=O) groups is 1. The Labute approximate surface area is 123 Å². The van der Waals surface area contributed by atoms with Crippen LogP contribution in [0.2, 0.25) is 0 Å². The number of aromatic nitrogens is 2. The number of rotatable bonds is 2. The van der Waals surface area contributed by atoms with Crippen LogP contribution in [0.15, 0.2) is 36.4 Å². The summed E-state index contributed by atoms with van der Waals surface area (Å²) in [5, 5.41) is 2.84. The fraction of sp³-hybridized carbons (Fsp3) is 0.176. The number of hydrogen-bond acceptors (Lipinski definition) is 2. The highest BCUT2D eigenvalue weighted by molar-refractivity contribution is 6.06. The van der Waals surface area contributed by atoms with Crippen molar-refractivity contribution in [2.75, 3.05) is 5.32 Å². The number of benzene rings is 2. The minimum atomic E-state index is -0.135. The highest BCUT2D eigenvalue weighted by atomic mass is 16.1. The molecule has 21 heavy (non-hydrogen) atoms. The number of amides is 1. The third-order valence-corrected chi connectivity index (χ3v) is 3.53. The van der Waals surface area contributed by atoms with Crippen molar-refractivity contribution in [2.45, 2.75) is 20.8 Å². The molecule has 0 saturated carbocycles. The molecule has 2 aromatic carbocycles. The zero-order valence-electron chi connectivity index (χ0n) is 12.3. The predicted molar refractivity (Wildman–Crippen MR) is 84.7 cm³/mol. The molecule has 1 heterocycles. The molecule has 0 bridgehead atoms. The van der Waals surface area contributed by atoms with E-state index in [9.17, 15) is 4.79 Å². The van der Waals surface area contributed by atoms with Gasteiger partial charge in [0.2, 0.25) is 5.95 Å². The van der Waals surface area contributed by atoms with E-state index in [4.69, 9.17) is 0 Å². The third kappa shape index (κ3) is 2.52. The molecule has 0 aliphatic heterocycles. The molecule has 0 aliphatic carbocycles. The van der Waals surface area contributed by atoms with Crippen LogP contribution < -0.4 is 5.32 Å². The Kier molecular flexibility index (Phi) is 3.22. The predicted octanol–water partition coefficient (Wildman–Crippen LogP) is 3.74.